The number of anilines is 3. The molecule has 0 aliphatic carbocycles. The number of nitrogens with zero attached hydrogens (tertiary/aromatic N) is 3. The minimum Gasteiger partial charge on any atom is -0.497 e. The maximum absolute atomic E-state index is 13.2. The third-order valence-corrected chi connectivity index (χ3v) is 10.4. The van der Waals surface area contributed by atoms with Gasteiger partial charge in [0.05, 0.1) is 12.8 Å². The number of sulfonamides is 1. The molecule has 0 radical (unpaired) electrons. The lowest BCUT2D eigenvalue weighted by molar-refractivity contribution is -0.136. The summed E-state index contributed by atoms with van der Waals surface area (Å²) in [7, 11) is -2.04. The number of piperazine rings is 1. The van der Waals surface area contributed by atoms with Gasteiger partial charge in [-0.05, 0) is 66.2 Å². The molecule has 10 nitrogen and oxygen atoms in total. The fourth-order valence-electron chi connectivity index (χ4n) is 5.01. The topological polar surface area (TPSA) is 111 Å². The van der Waals surface area contributed by atoms with E-state index >= 15 is 0 Å². The number of rotatable bonds is 8. The molecule has 0 bridgehead atoms. The van der Waals surface area contributed by atoms with Crippen LogP contribution in [0.4, 0.5) is 17.1 Å². The zero-order valence-corrected chi connectivity index (χ0v) is 24.0. The first kappa shape index (κ1) is 27.9. The predicted molar refractivity (Wildman–Crippen MR) is 157 cm³/mol. The summed E-state index contributed by atoms with van der Waals surface area (Å²) in [5.74, 6) is -0.678. The van der Waals surface area contributed by atoms with Crippen LogP contribution in [0.1, 0.15) is 12.0 Å². The third kappa shape index (κ3) is 6.24. The Hall–Kier alpha value is -3.61. The second-order valence-electron chi connectivity index (χ2n) is 9.69. The van der Waals surface area contributed by atoms with Gasteiger partial charge in [0.25, 0.3) is 10.0 Å². The van der Waals surface area contributed by atoms with Gasteiger partial charge in [0.15, 0.2) is 0 Å². The van der Waals surface area contributed by atoms with Crippen LogP contribution in [0.2, 0.25) is 0 Å². The molecular weight excluding hydrogens is 550 g/mol. The molecule has 40 heavy (non-hydrogen) atoms. The van der Waals surface area contributed by atoms with Crippen LogP contribution in [0.3, 0.4) is 0 Å². The number of thiophene rings is 1. The quantitative estimate of drug-likeness (QED) is 0.393. The largest absolute Gasteiger partial charge is 0.497 e. The summed E-state index contributed by atoms with van der Waals surface area (Å²) < 4.78 is 33.3. The van der Waals surface area contributed by atoms with E-state index in [1.807, 2.05) is 18.2 Å². The molecule has 2 aliphatic heterocycles. The smallest absolute Gasteiger partial charge is 0.313 e. The van der Waals surface area contributed by atoms with E-state index in [9.17, 15) is 18.0 Å². The minimum atomic E-state index is -3.69. The third-order valence-electron chi connectivity index (χ3n) is 7.19. The summed E-state index contributed by atoms with van der Waals surface area (Å²) in [6.45, 7) is 4.81. The Balaban J connectivity index is 1.11. The molecule has 12 heteroatoms. The summed E-state index contributed by atoms with van der Waals surface area (Å²) in [6.07, 6.45) is 1.46. The summed E-state index contributed by atoms with van der Waals surface area (Å²) in [6, 6.07) is 16.5. The number of nitrogens with one attached hydrogen (secondary N) is 2. The maximum atomic E-state index is 13.2. The second kappa shape index (κ2) is 12.3. The number of benzene rings is 2. The molecular formula is C28H33N5O5S2. The lowest BCUT2D eigenvalue weighted by atomic mass is 10.0. The van der Waals surface area contributed by atoms with Gasteiger partial charge in [0.1, 0.15) is 9.96 Å². The SMILES string of the molecule is COc1ccc(N2CCN(CCNC(=O)C(=O)Nc3ccc4c(c3)N(S(=O)(=O)c3cccs3)CCC4)CC2)cc1. The van der Waals surface area contributed by atoms with Crippen molar-refractivity contribution in [3.05, 3.63) is 65.5 Å². The monoisotopic (exact) mass is 583 g/mol. The number of hydrogen-bond donors (Lipinski definition) is 2. The van der Waals surface area contributed by atoms with Gasteiger partial charge in [0, 0.05) is 57.2 Å². The number of hydrogen-bond acceptors (Lipinski definition) is 8. The van der Waals surface area contributed by atoms with Crippen LogP contribution < -0.4 is 24.6 Å². The highest BCUT2D eigenvalue weighted by atomic mass is 32.2. The first-order valence-corrected chi connectivity index (χ1v) is 15.6. The van der Waals surface area contributed by atoms with E-state index < -0.39 is 21.8 Å². The molecule has 3 heterocycles. The fourth-order valence-corrected chi connectivity index (χ4v) is 7.64. The average Bonchev–Trinajstić information content (AvgIpc) is 3.53. The van der Waals surface area contributed by atoms with Crippen LogP contribution in [0.15, 0.2) is 64.2 Å². The fraction of sp³-hybridized carbons (Fsp3) is 0.357. The number of amides is 2. The highest BCUT2D eigenvalue weighted by molar-refractivity contribution is 7.94. The highest BCUT2D eigenvalue weighted by Gasteiger charge is 2.30. The molecule has 2 aliphatic rings. The molecule has 212 valence electrons. The van der Waals surface area contributed by atoms with Crippen molar-refractivity contribution in [2.24, 2.45) is 0 Å². The summed E-state index contributed by atoms with van der Waals surface area (Å²) in [4.78, 5) is 29.6. The molecule has 0 saturated carbocycles. The number of ether oxygens (including phenoxy) is 1. The van der Waals surface area contributed by atoms with Crippen LogP contribution in [0.25, 0.3) is 0 Å². The van der Waals surface area contributed by atoms with Crippen molar-refractivity contribution in [2.45, 2.75) is 17.1 Å². The van der Waals surface area contributed by atoms with Gasteiger partial charge in [-0.2, -0.15) is 0 Å². The van der Waals surface area contributed by atoms with Crippen LogP contribution in [-0.2, 0) is 26.0 Å². The van der Waals surface area contributed by atoms with E-state index in [4.69, 9.17) is 4.74 Å². The normalized spacial score (nSPS) is 15.8. The van der Waals surface area contributed by atoms with E-state index in [1.165, 1.54) is 15.6 Å². The van der Waals surface area contributed by atoms with Crippen molar-refractivity contribution in [2.75, 3.05) is 67.4 Å². The molecule has 0 atom stereocenters. The Morgan fingerprint density at radius 3 is 2.45 bits per heavy atom. The maximum Gasteiger partial charge on any atom is 0.313 e. The van der Waals surface area contributed by atoms with Crippen molar-refractivity contribution in [1.29, 1.82) is 0 Å². The molecule has 1 aromatic heterocycles. The van der Waals surface area contributed by atoms with Crippen molar-refractivity contribution >= 4 is 50.2 Å². The summed E-state index contributed by atoms with van der Waals surface area (Å²) >= 11 is 1.17. The van der Waals surface area contributed by atoms with E-state index in [-0.39, 0.29) is 4.21 Å². The van der Waals surface area contributed by atoms with Crippen LogP contribution >= 0.6 is 11.3 Å². The Bertz CT molecular complexity index is 1440. The lowest BCUT2D eigenvalue weighted by Gasteiger charge is -2.36. The second-order valence-corrected chi connectivity index (χ2v) is 12.7. The van der Waals surface area contributed by atoms with Crippen molar-refractivity contribution in [1.82, 2.24) is 10.2 Å². The molecule has 0 unspecified atom stereocenters. The van der Waals surface area contributed by atoms with E-state index in [0.29, 0.717) is 37.4 Å². The Kier molecular flexibility index (Phi) is 8.57. The number of carbonyl (C=O) groups excluding carboxylic acids is 2. The number of aryl methyl sites for hydroxylation is 1. The van der Waals surface area contributed by atoms with E-state index in [2.05, 4.69) is 32.6 Å². The van der Waals surface area contributed by atoms with Gasteiger partial charge in [-0.3, -0.25) is 18.8 Å². The number of carbonyl (C=O) groups is 2. The highest BCUT2D eigenvalue weighted by Crippen LogP contribution is 2.35. The van der Waals surface area contributed by atoms with Crippen LogP contribution in [0, 0.1) is 0 Å². The van der Waals surface area contributed by atoms with E-state index in [1.54, 1.807) is 36.8 Å². The van der Waals surface area contributed by atoms with E-state index in [0.717, 1.165) is 49.6 Å². The van der Waals surface area contributed by atoms with Gasteiger partial charge < -0.3 is 20.3 Å². The Labute approximate surface area is 238 Å². The van der Waals surface area contributed by atoms with Gasteiger partial charge >= 0.3 is 11.8 Å². The van der Waals surface area contributed by atoms with Gasteiger partial charge in [-0.15, -0.1) is 11.3 Å². The molecule has 2 N–H and O–H groups in total. The molecule has 0 spiro atoms. The standard InChI is InChI=1S/C28H33N5O5S2/c1-38-24-10-8-23(9-11-24)32-17-15-31(16-18-32)14-12-29-27(34)28(35)30-22-7-6-21-4-2-13-33(25(21)20-22)40(36,37)26-5-3-19-39-26/h3,5-11,19-20H,2,4,12-18H2,1H3,(H,29,34)(H,30,35). The summed E-state index contributed by atoms with van der Waals surface area (Å²) in [5.41, 5.74) is 2.95. The Morgan fingerprint density at radius 2 is 1.75 bits per heavy atom. The minimum absolute atomic E-state index is 0.274. The van der Waals surface area contributed by atoms with Gasteiger partial charge in [0.2, 0.25) is 0 Å². The summed E-state index contributed by atoms with van der Waals surface area (Å²) in [5, 5.41) is 7.05. The molecule has 2 aromatic carbocycles. The van der Waals surface area contributed by atoms with Crippen LogP contribution in [0.5, 0.6) is 5.75 Å². The average molecular weight is 584 g/mol. The molecule has 5 rings (SSSR count). The predicted octanol–water partition coefficient (Wildman–Crippen LogP) is 2.78. The van der Waals surface area contributed by atoms with Gasteiger partial charge in [-0.1, -0.05) is 12.1 Å². The van der Waals surface area contributed by atoms with Crippen LogP contribution in [-0.4, -0.2) is 78.1 Å². The Morgan fingerprint density at radius 1 is 0.975 bits per heavy atom. The molecule has 1 saturated heterocycles. The van der Waals surface area contributed by atoms with Crippen molar-refractivity contribution in [3.63, 3.8) is 0 Å². The van der Waals surface area contributed by atoms with Gasteiger partial charge in [-0.25, -0.2) is 8.42 Å². The van der Waals surface area contributed by atoms with Crippen molar-refractivity contribution in [3.8, 4) is 5.75 Å². The number of fused-ring (bicyclic) bond motifs is 1. The zero-order chi connectivity index (χ0) is 28.1. The zero-order valence-electron chi connectivity index (χ0n) is 22.3. The lowest BCUT2D eigenvalue weighted by Crippen LogP contribution is -2.49. The number of methoxy groups -OCH3 is 1. The van der Waals surface area contributed by atoms with Crippen molar-refractivity contribution < 1.29 is 22.7 Å². The molecule has 1 fully saturated rings. The molecule has 2 amide bonds. The first-order valence-electron chi connectivity index (χ1n) is 13.2. The molecule has 3 aromatic rings. The first-order chi connectivity index (χ1) is 19.3.